The Morgan fingerprint density at radius 2 is 1.83 bits per heavy atom. The molecule has 2 N–H and O–H groups in total. The molecule has 1 aromatic rings. The molecule has 0 aliphatic carbocycles. The highest BCUT2D eigenvalue weighted by Crippen LogP contribution is 2.18. The molecule has 1 rings (SSSR count). The second-order valence-electron chi connectivity index (χ2n) is 2.21. The number of benzene rings is 1. The van der Waals surface area contributed by atoms with Crippen LogP contribution in [-0.4, -0.2) is 0 Å². The summed E-state index contributed by atoms with van der Waals surface area (Å²) in [7, 11) is 0. The first-order valence-corrected chi connectivity index (χ1v) is 4.04. The van der Waals surface area contributed by atoms with Crippen molar-refractivity contribution in [2.24, 2.45) is 5.73 Å². The van der Waals surface area contributed by atoms with E-state index in [9.17, 15) is 4.39 Å². The lowest BCUT2D eigenvalue weighted by atomic mass is 10.2. The predicted octanol–water partition coefficient (Wildman–Crippen LogP) is 2.82. The topological polar surface area (TPSA) is 26.0 Å². The summed E-state index contributed by atoms with van der Waals surface area (Å²) in [5.74, 6) is 0. The smallest absolute Gasteiger partial charge is 0.177 e. The van der Waals surface area contributed by atoms with Crippen molar-refractivity contribution in [3.8, 4) is 0 Å². The Morgan fingerprint density at radius 1 is 1.33 bits per heavy atom. The number of halogens is 2. The molecule has 0 aliphatic rings. The van der Waals surface area contributed by atoms with Crippen molar-refractivity contribution in [3.05, 3.63) is 40.0 Å². The molecule has 1 nitrogen and oxygen atoms in total. The summed E-state index contributed by atoms with van der Waals surface area (Å²) in [5, 5.41) is -0.0940. The quantitative estimate of drug-likeness (QED) is 0.675. The fraction of sp³-hybridized carbons (Fsp3) is 0. The van der Waals surface area contributed by atoms with Gasteiger partial charge in [0.1, 0.15) is 0 Å². The third-order valence-electron chi connectivity index (χ3n) is 1.38. The molecule has 4 heteroatoms. The summed E-state index contributed by atoms with van der Waals surface area (Å²) in [5.41, 5.74) is 5.97. The SMILES string of the molecule is N/C(=C(/F)S)c1ccc(Cl)cc1. The van der Waals surface area contributed by atoms with Gasteiger partial charge < -0.3 is 5.73 Å². The molecule has 0 saturated heterocycles. The molecule has 0 saturated carbocycles. The highest BCUT2D eigenvalue weighted by molar-refractivity contribution is 7.84. The van der Waals surface area contributed by atoms with Crippen LogP contribution in [0.3, 0.4) is 0 Å². The lowest BCUT2D eigenvalue weighted by Crippen LogP contribution is -1.96. The molecule has 0 fully saturated rings. The molecule has 0 aromatic heterocycles. The molecule has 0 spiro atoms. The van der Waals surface area contributed by atoms with E-state index in [1.54, 1.807) is 24.3 Å². The molecule has 0 heterocycles. The number of hydrogen-bond donors (Lipinski definition) is 2. The second-order valence-corrected chi connectivity index (χ2v) is 3.04. The van der Waals surface area contributed by atoms with Crippen LogP contribution in [0.4, 0.5) is 4.39 Å². The highest BCUT2D eigenvalue weighted by Gasteiger charge is 2.00. The Kier molecular flexibility index (Phi) is 3.00. The van der Waals surface area contributed by atoms with Gasteiger partial charge in [-0.1, -0.05) is 23.7 Å². The van der Waals surface area contributed by atoms with Crippen LogP contribution in [-0.2, 0) is 0 Å². The molecule has 1 aromatic carbocycles. The molecule has 0 aliphatic heterocycles. The molecule has 0 amide bonds. The molecular formula is C8H7ClFNS. The van der Waals surface area contributed by atoms with E-state index in [4.69, 9.17) is 17.3 Å². The molecule has 12 heavy (non-hydrogen) atoms. The minimum Gasteiger partial charge on any atom is -0.395 e. The molecule has 0 bridgehead atoms. The zero-order valence-corrected chi connectivity index (χ0v) is 7.74. The second kappa shape index (κ2) is 3.83. The van der Waals surface area contributed by atoms with Gasteiger partial charge in [-0.05, 0) is 12.1 Å². The van der Waals surface area contributed by atoms with E-state index in [0.29, 0.717) is 10.6 Å². The van der Waals surface area contributed by atoms with Gasteiger partial charge in [0.2, 0.25) is 0 Å². The van der Waals surface area contributed by atoms with Gasteiger partial charge in [-0.15, -0.1) is 12.6 Å². The lowest BCUT2D eigenvalue weighted by Gasteiger charge is -2.00. The van der Waals surface area contributed by atoms with Gasteiger partial charge in [-0.3, -0.25) is 0 Å². The summed E-state index contributed by atoms with van der Waals surface area (Å²) in [6.45, 7) is 0. The Morgan fingerprint density at radius 3 is 2.25 bits per heavy atom. The highest BCUT2D eigenvalue weighted by atomic mass is 35.5. The summed E-state index contributed by atoms with van der Waals surface area (Å²) in [6, 6.07) is 6.54. The van der Waals surface area contributed by atoms with Crippen LogP contribution in [0.15, 0.2) is 29.4 Å². The van der Waals surface area contributed by atoms with Crippen molar-refractivity contribution in [1.82, 2.24) is 0 Å². The summed E-state index contributed by atoms with van der Waals surface area (Å²) < 4.78 is 12.5. The summed E-state index contributed by atoms with van der Waals surface area (Å²) >= 11 is 9.11. The van der Waals surface area contributed by atoms with Crippen molar-refractivity contribution < 1.29 is 4.39 Å². The minimum absolute atomic E-state index is 0.0231. The monoisotopic (exact) mass is 203 g/mol. The maximum atomic E-state index is 12.5. The van der Waals surface area contributed by atoms with Crippen molar-refractivity contribution in [1.29, 1.82) is 0 Å². The van der Waals surface area contributed by atoms with Gasteiger partial charge in [0, 0.05) is 10.6 Å². The fourth-order valence-electron chi connectivity index (χ4n) is 0.749. The van der Waals surface area contributed by atoms with Crippen LogP contribution in [0.25, 0.3) is 5.70 Å². The molecule has 0 unspecified atom stereocenters. The standard InChI is InChI=1S/C8H7ClFNS/c9-6-3-1-5(2-4-6)7(11)8(10)12/h1-4,12H,11H2/b8-7-. The first-order chi connectivity index (χ1) is 5.61. The number of rotatable bonds is 1. The first-order valence-electron chi connectivity index (χ1n) is 3.21. The van der Waals surface area contributed by atoms with Gasteiger partial charge in [-0.2, -0.15) is 4.39 Å². The van der Waals surface area contributed by atoms with Crippen molar-refractivity contribution in [3.63, 3.8) is 0 Å². The Labute approximate surface area is 80.4 Å². The van der Waals surface area contributed by atoms with E-state index < -0.39 is 5.16 Å². The third kappa shape index (κ3) is 2.16. The van der Waals surface area contributed by atoms with E-state index in [0.717, 1.165) is 0 Å². The number of hydrogen-bond acceptors (Lipinski definition) is 2. The third-order valence-corrected chi connectivity index (χ3v) is 1.87. The minimum atomic E-state index is -0.683. The number of nitrogens with two attached hydrogens (primary N) is 1. The summed E-state index contributed by atoms with van der Waals surface area (Å²) in [6.07, 6.45) is 0. The van der Waals surface area contributed by atoms with Gasteiger partial charge in [0.25, 0.3) is 0 Å². The van der Waals surface area contributed by atoms with Gasteiger partial charge in [0.15, 0.2) is 5.16 Å². The molecule has 0 atom stereocenters. The van der Waals surface area contributed by atoms with Crippen LogP contribution in [0.1, 0.15) is 5.56 Å². The fourth-order valence-corrected chi connectivity index (χ4v) is 1.00. The van der Waals surface area contributed by atoms with E-state index in [-0.39, 0.29) is 5.70 Å². The van der Waals surface area contributed by atoms with E-state index in [2.05, 4.69) is 12.6 Å². The Hall–Kier alpha value is -0.670. The normalized spacial score (nSPS) is 12.6. The molecule has 64 valence electrons. The van der Waals surface area contributed by atoms with Gasteiger partial charge in [0.05, 0.1) is 5.70 Å². The van der Waals surface area contributed by atoms with Crippen LogP contribution in [0.2, 0.25) is 5.02 Å². The average Bonchev–Trinajstić information content (AvgIpc) is 2.04. The zero-order chi connectivity index (χ0) is 9.14. The van der Waals surface area contributed by atoms with Crippen LogP contribution in [0, 0.1) is 0 Å². The zero-order valence-electron chi connectivity index (χ0n) is 6.09. The van der Waals surface area contributed by atoms with Gasteiger partial charge in [-0.25, -0.2) is 0 Å². The van der Waals surface area contributed by atoms with Crippen molar-refractivity contribution >= 4 is 29.9 Å². The van der Waals surface area contributed by atoms with Crippen molar-refractivity contribution in [2.75, 3.05) is 0 Å². The average molecular weight is 204 g/mol. The Balaban J connectivity index is 3.06. The van der Waals surface area contributed by atoms with E-state index in [1.807, 2.05) is 0 Å². The van der Waals surface area contributed by atoms with Crippen LogP contribution < -0.4 is 5.73 Å². The van der Waals surface area contributed by atoms with Crippen molar-refractivity contribution in [2.45, 2.75) is 0 Å². The van der Waals surface area contributed by atoms with Crippen LogP contribution >= 0.6 is 24.2 Å². The summed E-state index contributed by atoms with van der Waals surface area (Å²) in [4.78, 5) is 0. The molecular weight excluding hydrogens is 197 g/mol. The van der Waals surface area contributed by atoms with Gasteiger partial charge >= 0.3 is 0 Å². The lowest BCUT2D eigenvalue weighted by molar-refractivity contribution is 0.703. The van der Waals surface area contributed by atoms with E-state index >= 15 is 0 Å². The maximum absolute atomic E-state index is 12.5. The van der Waals surface area contributed by atoms with E-state index in [1.165, 1.54) is 0 Å². The number of thiol groups is 1. The maximum Gasteiger partial charge on any atom is 0.177 e. The largest absolute Gasteiger partial charge is 0.395 e. The Bertz CT molecular complexity index is 303. The van der Waals surface area contributed by atoms with Crippen LogP contribution in [0.5, 0.6) is 0 Å². The first kappa shape index (κ1) is 9.42. The molecule has 0 radical (unpaired) electrons. The predicted molar refractivity (Wildman–Crippen MR) is 52.7 cm³/mol.